The van der Waals surface area contributed by atoms with Crippen molar-refractivity contribution in [2.75, 3.05) is 7.11 Å². The Balaban J connectivity index is 2.40. The standard InChI is InChI=1S/C11H13BrO/c1-13-11-4-2-3-8-7-9(12)5-6-10(8)11/h5-7,11H,2-4H2,1H3. The van der Waals surface area contributed by atoms with Gasteiger partial charge in [0.25, 0.3) is 0 Å². The van der Waals surface area contributed by atoms with E-state index in [1.165, 1.54) is 28.4 Å². The van der Waals surface area contributed by atoms with Gasteiger partial charge in [-0.15, -0.1) is 0 Å². The van der Waals surface area contributed by atoms with Crippen molar-refractivity contribution in [3.8, 4) is 0 Å². The molecule has 1 aromatic rings. The van der Waals surface area contributed by atoms with Gasteiger partial charge in [0.05, 0.1) is 6.10 Å². The van der Waals surface area contributed by atoms with Crippen molar-refractivity contribution >= 4 is 15.9 Å². The number of hydrogen-bond donors (Lipinski definition) is 0. The molecule has 13 heavy (non-hydrogen) atoms. The van der Waals surface area contributed by atoms with Crippen LogP contribution in [0.15, 0.2) is 22.7 Å². The average Bonchev–Trinajstić information content (AvgIpc) is 2.16. The molecule has 0 spiro atoms. The summed E-state index contributed by atoms with van der Waals surface area (Å²) < 4.78 is 6.61. The molecule has 0 saturated heterocycles. The second kappa shape index (κ2) is 3.81. The van der Waals surface area contributed by atoms with Gasteiger partial charge in [-0.05, 0) is 42.5 Å². The van der Waals surface area contributed by atoms with E-state index >= 15 is 0 Å². The van der Waals surface area contributed by atoms with Crippen molar-refractivity contribution < 1.29 is 4.74 Å². The van der Waals surface area contributed by atoms with Gasteiger partial charge in [-0.3, -0.25) is 0 Å². The third-order valence-electron chi connectivity index (χ3n) is 2.65. The van der Waals surface area contributed by atoms with E-state index in [1.807, 2.05) is 0 Å². The molecule has 0 amide bonds. The van der Waals surface area contributed by atoms with Crippen LogP contribution in [0.25, 0.3) is 0 Å². The molecule has 1 unspecified atom stereocenters. The number of halogens is 1. The number of benzene rings is 1. The summed E-state index contributed by atoms with van der Waals surface area (Å²) in [5, 5.41) is 0. The second-order valence-electron chi connectivity index (χ2n) is 3.46. The van der Waals surface area contributed by atoms with Crippen LogP contribution in [-0.4, -0.2) is 7.11 Å². The highest BCUT2D eigenvalue weighted by Crippen LogP contribution is 2.33. The molecule has 0 fully saturated rings. The molecular weight excluding hydrogens is 228 g/mol. The van der Waals surface area contributed by atoms with Gasteiger partial charge in [0.15, 0.2) is 0 Å². The molecule has 1 aliphatic carbocycles. The maximum absolute atomic E-state index is 5.44. The molecule has 1 aromatic carbocycles. The summed E-state index contributed by atoms with van der Waals surface area (Å²) in [6.45, 7) is 0. The van der Waals surface area contributed by atoms with Crippen LogP contribution in [0.1, 0.15) is 30.1 Å². The van der Waals surface area contributed by atoms with Gasteiger partial charge in [-0.2, -0.15) is 0 Å². The lowest BCUT2D eigenvalue weighted by molar-refractivity contribution is 0.0881. The molecule has 0 heterocycles. The summed E-state index contributed by atoms with van der Waals surface area (Å²) >= 11 is 3.49. The smallest absolute Gasteiger partial charge is 0.0823 e. The Bertz CT molecular complexity index is 309. The molecule has 0 radical (unpaired) electrons. The zero-order valence-corrected chi connectivity index (χ0v) is 9.30. The summed E-state index contributed by atoms with van der Waals surface area (Å²) in [5.41, 5.74) is 2.81. The molecule has 1 atom stereocenters. The van der Waals surface area contributed by atoms with Gasteiger partial charge >= 0.3 is 0 Å². The number of fused-ring (bicyclic) bond motifs is 1. The first kappa shape index (κ1) is 9.22. The molecule has 0 aliphatic heterocycles. The predicted molar refractivity (Wildman–Crippen MR) is 56.8 cm³/mol. The highest BCUT2D eigenvalue weighted by Gasteiger charge is 2.19. The largest absolute Gasteiger partial charge is 0.377 e. The Kier molecular flexibility index (Phi) is 2.70. The van der Waals surface area contributed by atoms with Crippen molar-refractivity contribution in [1.29, 1.82) is 0 Å². The number of hydrogen-bond acceptors (Lipinski definition) is 1. The lowest BCUT2D eigenvalue weighted by atomic mass is 9.89. The van der Waals surface area contributed by atoms with Crippen LogP contribution < -0.4 is 0 Å². The molecule has 1 nitrogen and oxygen atoms in total. The van der Waals surface area contributed by atoms with Gasteiger partial charge in [-0.1, -0.05) is 22.0 Å². The zero-order valence-electron chi connectivity index (χ0n) is 7.72. The first-order valence-corrected chi connectivity index (χ1v) is 5.41. The lowest BCUT2D eigenvalue weighted by Gasteiger charge is -2.24. The van der Waals surface area contributed by atoms with Crippen molar-refractivity contribution in [3.63, 3.8) is 0 Å². The monoisotopic (exact) mass is 240 g/mol. The van der Waals surface area contributed by atoms with Gasteiger partial charge in [0, 0.05) is 11.6 Å². The van der Waals surface area contributed by atoms with Gasteiger partial charge < -0.3 is 4.74 Å². The van der Waals surface area contributed by atoms with E-state index in [1.54, 1.807) is 7.11 Å². The number of rotatable bonds is 1. The molecule has 0 bridgehead atoms. The summed E-state index contributed by atoms with van der Waals surface area (Å²) in [7, 11) is 1.79. The first-order chi connectivity index (χ1) is 6.31. The summed E-state index contributed by atoms with van der Waals surface area (Å²) in [5.74, 6) is 0. The molecule has 1 aliphatic rings. The second-order valence-corrected chi connectivity index (χ2v) is 4.38. The van der Waals surface area contributed by atoms with E-state index in [0.717, 1.165) is 6.42 Å². The zero-order chi connectivity index (χ0) is 9.26. The minimum absolute atomic E-state index is 0.317. The summed E-state index contributed by atoms with van der Waals surface area (Å²) in [4.78, 5) is 0. The molecule has 0 saturated carbocycles. The fourth-order valence-corrected chi connectivity index (χ4v) is 2.39. The van der Waals surface area contributed by atoms with Crippen molar-refractivity contribution in [1.82, 2.24) is 0 Å². The molecule has 0 aromatic heterocycles. The maximum atomic E-state index is 5.44. The molecule has 2 rings (SSSR count). The van der Waals surface area contributed by atoms with E-state index in [4.69, 9.17) is 4.74 Å². The van der Waals surface area contributed by atoms with Crippen LogP contribution in [0.2, 0.25) is 0 Å². The van der Waals surface area contributed by atoms with Crippen LogP contribution in [0, 0.1) is 0 Å². The quantitative estimate of drug-likeness (QED) is 0.731. The number of aryl methyl sites for hydroxylation is 1. The van der Waals surface area contributed by atoms with Crippen LogP contribution in [0.5, 0.6) is 0 Å². The minimum atomic E-state index is 0.317. The van der Waals surface area contributed by atoms with E-state index in [-0.39, 0.29) is 0 Å². The van der Waals surface area contributed by atoms with E-state index in [0.29, 0.717) is 6.10 Å². The lowest BCUT2D eigenvalue weighted by Crippen LogP contribution is -2.10. The summed E-state index contributed by atoms with van der Waals surface area (Å²) in [6, 6.07) is 6.48. The van der Waals surface area contributed by atoms with Gasteiger partial charge in [0.2, 0.25) is 0 Å². The average molecular weight is 241 g/mol. The normalized spacial score (nSPS) is 21.2. The Labute approximate surface area is 87.2 Å². The minimum Gasteiger partial charge on any atom is -0.377 e. The van der Waals surface area contributed by atoms with Crippen molar-refractivity contribution in [3.05, 3.63) is 33.8 Å². The summed E-state index contributed by atoms with van der Waals surface area (Å²) in [6.07, 6.45) is 3.90. The predicted octanol–water partition coefficient (Wildman–Crippen LogP) is 3.47. The first-order valence-electron chi connectivity index (χ1n) is 4.62. The molecule has 0 N–H and O–H groups in total. The molecule has 70 valence electrons. The fraction of sp³-hybridized carbons (Fsp3) is 0.455. The SMILES string of the molecule is COC1CCCc2cc(Br)ccc21. The highest BCUT2D eigenvalue weighted by molar-refractivity contribution is 9.10. The van der Waals surface area contributed by atoms with Crippen LogP contribution in [0.4, 0.5) is 0 Å². The maximum Gasteiger partial charge on any atom is 0.0823 e. The van der Waals surface area contributed by atoms with E-state index in [9.17, 15) is 0 Å². The Morgan fingerprint density at radius 1 is 1.46 bits per heavy atom. The topological polar surface area (TPSA) is 9.23 Å². The fourth-order valence-electron chi connectivity index (χ4n) is 1.98. The number of ether oxygens (including phenoxy) is 1. The number of methoxy groups -OCH3 is 1. The van der Waals surface area contributed by atoms with E-state index < -0.39 is 0 Å². The van der Waals surface area contributed by atoms with Crippen molar-refractivity contribution in [2.45, 2.75) is 25.4 Å². The van der Waals surface area contributed by atoms with Gasteiger partial charge in [-0.25, -0.2) is 0 Å². The molecular formula is C11H13BrO. The van der Waals surface area contributed by atoms with Crippen LogP contribution in [-0.2, 0) is 11.2 Å². The Morgan fingerprint density at radius 2 is 2.31 bits per heavy atom. The van der Waals surface area contributed by atoms with Gasteiger partial charge in [0.1, 0.15) is 0 Å². The highest BCUT2D eigenvalue weighted by atomic mass is 79.9. The third-order valence-corrected chi connectivity index (χ3v) is 3.14. The van der Waals surface area contributed by atoms with E-state index in [2.05, 4.69) is 34.1 Å². The van der Waals surface area contributed by atoms with Crippen LogP contribution in [0.3, 0.4) is 0 Å². The van der Waals surface area contributed by atoms with Crippen LogP contribution >= 0.6 is 15.9 Å². The Hall–Kier alpha value is -0.340. The Morgan fingerprint density at radius 3 is 3.08 bits per heavy atom. The van der Waals surface area contributed by atoms with Crippen molar-refractivity contribution in [2.24, 2.45) is 0 Å². The third kappa shape index (κ3) is 1.79. The molecule has 2 heteroatoms.